The first-order valence-electron chi connectivity index (χ1n) is 6.08. The van der Waals surface area contributed by atoms with Crippen LogP contribution in [0.15, 0.2) is 10.5 Å². The van der Waals surface area contributed by atoms with Crippen LogP contribution in [-0.2, 0) is 19.2 Å². The fourth-order valence-corrected chi connectivity index (χ4v) is 1.77. The van der Waals surface area contributed by atoms with Crippen LogP contribution in [0, 0.1) is 0 Å². The van der Waals surface area contributed by atoms with Crippen LogP contribution >= 0.6 is 11.3 Å². The summed E-state index contributed by atoms with van der Waals surface area (Å²) in [6.07, 6.45) is -0.609. The molecule has 0 unspecified atom stereocenters. The van der Waals surface area contributed by atoms with Crippen LogP contribution in [0.5, 0.6) is 0 Å². The molecule has 0 atom stereocenters. The number of anilines is 1. The van der Waals surface area contributed by atoms with E-state index in [1.165, 1.54) is 11.3 Å². The third-order valence-electron chi connectivity index (χ3n) is 1.99. The van der Waals surface area contributed by atoms with Crippen molar-refractivity contribution < 1.29 is 19.2 Å². The van der Waals surface area contributed by atoms with Crippen molar-refractivity contribution in [3.8, 4) is 0 Å². The van der Waals surface area contributed by atoms with Crippen molar-refractivity contribution in [3.05, 3.63) is 11.1 Å². The zero-order valence-electron chi connectivity index (χ0n) is 11.6. The summed E-state index contributed by atoms with van der Waals surface area (Å²) < 4.78 is 4.73. The summed E-state index contributed by atoms with van der Waals surface area (Å²) in [4.78, 5) is 32.5. The van der Waals surface area contributed by atoms with Gasteiger partial charge in [-0.05, 0) is 20.8 Å². The summed E-state index contributed by atoms with van der Waals surface area (Å²) in [6.45, 7) is 5.42. The molecule has 0 aromatic carbocycles. The number of esters is 1. The van der Waals surface area contributed by atoms with Gasteiger partial charge in [0.1, 0.15) is 18.2 Å². The minimum Gasteiger partial charge on any atom is -0.466 e. The van der Waals surface area contributed by atoms with Crippen LogP contribution < -0.4 is 5.73 Å². The third-order valence-corrected chi connectivity index (χ3v) is 2.67. The van der Waals surface area contributed by atoms with Crippen molar-refractivity contribution in [2.24, 2.45) is 5.16 Å². The first-order valence-corrected chi connectivity index (χ1v) is 6.96. The number of thiazole rings is 1. The zero-order valence-corrected chi connectivity index (χ0v) is 12.4. The second-order valence-corrected chi connectivity index (χ2v) is 4.96. The van der Waals surface area contributed by atoms with E-state index < -0.39 is 18.2 Å². The summed E-state index contributed by atoms with van der Waals surface area (Å²) in [5, 5.41) is 5.66. The molecule has 0 radical (unpaired) electrons. The highest BCUT2D eigenvalue weighted by Gasteiger charge is 2.22. The Labute approximate surface area is 120 Å². The Morgan fingerprint density at radius 2 is 2.20 bits per heavy atom. The molecule has 0 bridgehead atoms. The van der Waals surface area contributed by atoms with Gasteiger partial charge in [0, 0.05) is 5.38 Å². The lowest BCUT2D eigenvalue weighted by Gasteiger charge is -2.06. The van der Waals surface area contributed by atoms with Crippen LogP contribution in [0.1, 0.15) is 32.9 Å². The van der Waals surface area contributed by atoms with E-state index in [0.717, 1.165) is 0 Å². The number of rotatable bonds is 7. The molecule has 0 spiro atoms. The van der Waals surface area contributed by atoms with Crippen LogP contribution in [0.2, 0.25) is 0 Å². The summed E-state index contributed by atoms with van der Waals surface area (Å²) in [6, 6.07) is 0. The lowest BCUT2D eigenvalue weighted by molar-refractivity contribution is -0.144. The fraction of sp³-hybridized carbons (Fsp3) is 0.500. The molecule has 0 aliphatic heterocycles. The number of carbonyl (C=O) groups excluding carboxylic acids is 2. The zero-order chi connectivity index (χ0) is 15.1. The van der Waals surface area contributed by atoms with Gasteiger partial charge in [-0.3, -0.25) is 9.59 Å². The molecule has 0 amide bonds. The molecule has 20 heavy (non-hydrogen) atoms. The Hall–Kier alpha value is -1.96. The second-order valence-electron chi connectivity index (χ2n) is 4.07. The first-order chi connectivity index (χ1) is 9.43. The molecule has 1 aromatic rings. The number of hydrogen-bond acceptors (Lipinski definition) is 8. The molecule has 7 nitrogen and oxygen atoms in total. The number of nitrogen functional groups attached to an aromatic ring is 1. The van der Waals surface area contributed by atoms with E-state index in [2.05, 4.69) is 10.1 Å². The number of nitrogens with zero attached hydrogens (tertiary/aromatic N) is 2. The van der Waals surface area contributed by atoms with Crippen molar-refractivity contribution in [2.75, 3.05) is 12.3 Å². The quantitative estimate of drug-likeness (QED) is 0.353. The van der Waals surface area contributed by atoms with E-state index in [4.69, 9.17) is 15.3 Å². The number of hydrogen-bond donors (Lipinski definition) is 1. The number of ether oxygens (including phenoxy) is 1. The van der Waals surface area contributed by atoms with Crippen molar-refractivity contribution in [1.29, 1.82) is 0 Å². The first kappa shape index (κ1) is 16.1. The van der Waals surface area contributed by atoms with Gasteiger partial charge in [0.25, 0.3) is 0 Å². The van der Waals surface area contributed by atoms with Gasteiger partial charge < -0.3 is 15.3 Å². The molecule has 0 saturated heterocycles. The molecule has 1 rings (SSSR count). The average molecular weight is 299 g/mol. The largest absolute Gasteiger partial charge is 0.466 e. The minimum absolute atomic E-state index is 0.0281. The second kappa shape index (κ2) is 7.59. The number of ketones is 1. The molecule has 1 aromatic heterocycles. The highest BCUT2D eigenvalue weighted by Crippen LogP contribution is 2.14. The normalized spacial score (nSPS) is 11.5. The van der Waals surface area contributed by atoms with E-state index in [-0.39, 0.29) is 18.4 Å². The topological polar surface area (TPSA) is 104 Å². The molecule has 110 valence electrons. The van der Waals surface area contributed by atoms with Gasteiger partial charge >= 0.3 is 5.97 Å². The summed E-state index contributed by atoms with van der Waals surface area (Å²) in [7, 11) is 0. The van der Waals surface area contributed by atoms with E-state index in [1.807, 2.05) is 0 Å². The van der Waals surface area contributed by atoms with Crippen LogP contribution in [0.3, 0.4) is 0 Å². The number of oxime groups is 1. The van der Waals surface area contributed by atoms with E-state index in [9.17, 15) is 9.59 Å². The SMILES string of the molecule is CCOC(=O)CC(=O)C(=NOC(C)C)c1csc(N)n1. The summed E-state index contributed by atoms with van der Waals surface area (Å²) in [5.41, 5.74) is 5.80. The lowest BCUT2D eigenvalue weighted by atomic mass is 10.1. The van der Waals surface area contributed by atoms with Crippen LogP contribution in [-0.4, -0.2) is 35.2 Å². The Bertz CT molecular complexity index is 511. The highest BCUT2D eigenvalue weighted by molar-refractivity contribution is 7.13. The molecule has 0 aliphatic rings. The fourth-order valence-electron chi connectivity index (χ4n) is 1.22. The van der Waals surface area contributed by atoms with Crippen molar-refractivity contribution >= 4 is 33.9 Å². The minimum atomic E-state index is -0.613. The Balaban J connectivity index is 2.90. The molecule has 8 heteroatoms. The van der Waals surface area contributed by atoms with Crippen molar-refractivity contribution in [3.63, 3.8) is 0 Å². The van der Waals surface area contributed by atoms with Gasteiger partial charge in [0.2, 0.25) is 0 Å². The number of aromatic nitrogens is 1. The van der Waals surface area contributed by atoms with Gasteiger partial charge in [0.15, 0.2) is 16.6 Å². The third kappa shape index (κ3) is 4.96. The Morgan fingerprint density at radius 3 is 2.70 bits per heavy atom. The smallest absolute Gasteiger partial charge is 0.313 e. The maximum Gasteiger partial charge on any atom is 0.313 e. The predicted octanol–water partition coefficient (Wildman–Crippen LogP) is 1.38. The standard InChI is InChI=1S/C12H17N3O4S/c1-4-18-10(17)5-9(16)11(15-19-7(2)3)8-6-20-12(13)14-8/h6-7H,4-5H2,1-3H3,(H2,13,14). The van der Waals surface area contributed by atoms with Gasteiger partial charge in [-0.1, -0.05) is 5.16 Å². The van der Waals surface area contributed by atoms with Crippen molar-refractivity contribution in [1.82, 2.24) is 4.98 Å². The van der Waals surface area contributed by atoms with E-state index in [1.54, 1.807) is 26.2 Å². The number of Topliss-reactive ketones (excluding diaryl/α,β-unsaturated/α-hetero) is 1. The van der Waals surface area contributed by atoms with Gasteiger partial charge in [-0.25, -0.2) is 4.98 Å². The average Bonchev–Trinajstić information content (AvgIpc) is 2.75. The maximum atomic E-state index is 12.1. The molecular formula is C12H17N3O4S. The van der Waals surface area contributed by atoms with Gasteiger partial charge in [-0.2, -0.15) is 0 Å². The van der Waals surface area contributed by atoms with E-state index >= 15 is 0 Å². The van der Waals surface area contributed by atoms with Crippen LogP contribution in [0.4, 0.5) is 5.13 Å². The number of carbonyl (C=O) groups is 2. The molecule has 1 heterocycles. The summed E-state index contributed by atoms with van der Waals surface area (Å²) >= 11 is 1.18. The summed E-state index contributed by atoms with van der Waals surface area (Å²) in [5.74, 6) is -1.13. The van der Waals surface area contributed by atoms with Crippen LogP contribution in [0.25, 0.3) is 0 Å². The van der Waals surface area contributed by atoms with Gasteiger partial charge in [0.05, 0.1) is 6.61 Å². The Kier molecular flexibility index (Phi) is 6.10. The lowest BCUT2D eigenvalue weighted by Crippen LogP contribution is -2.22. The molecular weight excluding hydrogens is 282 g/mol. The maximum absolute atomic E-state index is 12.1. The Morgan fingerprint density at radius 1 is 1.50 bits per heavy atom. The van der Waals surface area contributed by atoms with E-state index in [0.29, 0.717) is 10.8 Å². The molecule has 0 fully saturated rings. The predicted molar refractivity (Wildman–Crippen MR) is 75.5 cm³/mol. The molecule has 0 aliphatic carbocycles. The van der Waals surface area contributed by atoms with Crippen molar-refractivity contribution in [2.45, 2.75) is 33.3 Å². The molecule has 2 N–H and O–H groups in total. The monoisotopic (exact) mass is 299 g/mol. The highest BCUT2D eigenvalue weighted by atomic mass is 32.1. The van der Waals surface area contributed by atoms with Gasteiger partial charge in [-0.15, -0.1) is 11.3 Å². The molecule has 0 saturated carbocycles. The number of nitrogens with two attached hydrogens (primary N) is 1.